The van der Waals surface area contributed by atoms with E-state index in [1.807, 2.05) is 22.9 Å². The third-order valence-corrected chi connectivity index (χ3v) is 1.19. The van der Waals surface area contributed by atoms with Gasteiger partial charge in [-0.2, -0.15) is 0 Å². The Morgan fingerprint density at radius 1 is 1.22 bits per heavy atom. The Kier molecular flexibility index (Phi) is 7.71. The van der Waals surface area contributed by atoms with E-state index in [1.54, 1.807) is 0 Å². The van der Waals surface area contributed by atoms with Crippen LogP contribution in [0.3, 0.4) is 0 Å². The molecule has 0 aromatic heterocycles. The summed E-state index contributed by atoms with van der Waals surface area (Å²) < 4.78 is 1.95. The summed E-state index contributed by atoms with van der Waals surface area (Å²) in [7, 11) is 0. The summed E-state index contributed by atoms with van der Waals surface area (Å²) in [4.78, 5) is 0. The van der Waals surface area contributed by atoms with E-state index in [4.69, 9.17) is 0 Å². The van der Waals surface area contributed by atoms with Gasteiger partial charge in [0.15, 0.2) is 0 Å². The van der Waals surface area contributed by atoms with Crippen LogP contribution in [-0.2, 0) is 18.3 Å². The van der Waals surface area contributed by atoms with E-state index in [1.165, 1.54) is 0 Å². The predicted molar refractivity (Wildman–Crippen MR) is 37.7 cm³/mol. The molecule has 0 saturated carbocycles. The number of hydrogen-bond acceptors (Lipinski definition) is 0. The van der Waals surface area contributed by atoms with Gasteiger partial charge in [0.25, 0.3) is 0 Å². The summed E-state index contributed by atoms with van der Waals surface area (Å²) in [5.41, 5.74) is 0. The monoisotopic (exact) mass is 209 g/mol. The van der Waals surface area contributed by atoms with E-state index >= 15 is 0 Å². The van der Waals surface area contributed by atoms with Crippen molar-refractivity contribution in [1.29, 1.82) is 0 Å². The molecule has 51 valence electrons. The molecule has 0 saturated heterocycles. The first-order valence-corrected chi connectivity index (χ1v) is 3.93. The molecule has 0 radical (unpaired) electrons. The fourth-order valence-electron chi connectivity index (χ4n) is 0.428. The molecule has 0 spiro atoms. The summed E-state index contributed by atoms with van der Waals surface area (Å²) in [5, 5.41) is 0. The molecule has 0 atom stereocenters. The van der Waals surface area contributed by atoms with Crippen molar-refractivity contribution in [1.82, 2.24) is 0 Å². The summed E-state index contributed by atoms with van der Waals surface area (Å²) in [6, 6.07) is 0. The quantitative estimate of drug-likeness (QED) is 0.288. The Hall–Kier alpha value is -0.157. The van der Waals surface area contributed by atoms with Crippen molar-refractivity contribution in [3.05, 3.63) is 35.6 Å². The van der Waals surface area contributed by atoms with E-state index in [0.29, 0.717) is 0 Å². The van der Waals surface area contributed by atoms with Crippen molar-refractivity contribution < 1.29 is 18.3 Å². The second-order valence-electron chi connectivity index (χ2n) is 1.60. The molecule has 9 heavy (non-hydrogen) atoms. The number of hydrogen-bond donors (Lipinski definition) is 0. The fraction of sp³-hybridized carbons (Fsp3) is 0.250. The van der Waals surface area contributed by atoms with Crippen LogP contribution < -0.4 is 0 Å². The van der Waals surface area contributed by atoms with Crippen LogP contribution in [0, 0.1) is 0 Å². The molecule has 0 aliphatic rings. The van der Waals surface area contributed by atoms with Crippen LogP contribution in [0.25, 0.3) is 0 Å². The van der Waals surface area contributed by atoms with Crippen LogP contribution in [0.15, 0.2) is 35.6 Å². The van der Waals surface area contributed by atoms with Crippen molar-refractivity contribution in [3.63, 3.8) is 0 Å². The number of rotatable bonds is 4. The zero-order valence-electron chi connectivity index (χ0n) is 5.36. The van der Waals surface area contributed by atoms with E-state index in [-0.39, 0.29) is 0 Å². The summed E-state index contributed by atoms with van der Waals surface area (Å²) in [5.74, 6) is 0. The third kappa shape index (κ3) is 7.84. The standard InChI is InChI=1S/C8H11.Ru/c1-3-5-7-8-6-4-2;/h1,3-5,7H,2,6,8H2;. The van der Waals surface area contributed by atoms with Gasteiger partial charge in [-0.25, -0.2) is 0 Å². The van der Waals surface area contributed by atoms with Crippen molar-refractivity contribution >= 4 is 0 Å². The SMILES string of the molecule is C=CCCC=CC=[CH][Ru]. The zero-order chi connectivity index (χ0) is 6.95. The molecule has 0 aromatic carbocycles. The predicted octanol–water partition coefficient (Wildman–Crippen LogP) is 2.57. The summed E-state index contributed by atoms with van der Waals surface area (Å²) in [6.45, 7) is 3.62. The van der Waals surface area contributed by atoms with Crippen LogP contribution in [0.2, 0.25) is 0 Å². The van der Waals surface area contributed by atoms with Crippen molar-refractivity contribution in [2.24, 2.45) is 0 Å². The molecule has 0 unspecified atom stereocenters. The second-order valence-corrected chi connectivity index (χ2v) is 2.18. The first kappa shape index (κ1) is 8.84. The van der Waals surface area contributed by atoms with E-state index in [0.717, 1.165) is 12.8 Å². The van der Waals surface area contributed by atoms with Crippen LogP contribution >= 0.6 is 0 Å². The molecule has 1 heteroatoms. The van der Waals surface area contributed by atoms with Gasteiger partial charge in [0.05, 0.1) is 0 Å². The molecule has 0 fully saturated rings. The number of allylic oxidation sites excluding steroid dienone is 4. The molecule has 0 N–H and O–H groups in total. The maximum atomic E-state index is 3.62. The van der Waals surface area contributed by atoms with Crippen LogP contribution in [0.4, 0.5) is 0 Å². The number of unbranched alkanes of at least 4 members (excludes halogenated alkanes) is 1. The van der Waals surface area contributed by atoms with Gasteiger partial charge in [0, 0.05) is 0 Å². The van der Waals surface area contributed by atoms with Gasteiger partial charge in [-0.1, -0.05) is 0 Å². The average Bonchev–Trinajstić information content (AvgIpc) is 1.89. The van der Waals surface area contributed by atoms with Crippen molar-refractivity contribution in [2.45, 2.75) is 12.8 Å². The minimum atomic E-state index is 1.07. The van der Waals surface area contributed by atoms with Gasteiger partial charge in [-0.3, -0.25) is 0 Å². The Labute approximate surface area is 67.0 Å². The Bertz CT molecular complexity index is 112. The summed E-state index contributed by atoms with van der Waals surface area (Å²) >= 11 is 2.44. The Morgan fingerprint density at radius 3 is 2.56 bits per heavy atom. The van der Waals surface area contributed by atoms with Gasteiger partial charge in [0.1, 0.15) is 0 Å². The second kappa shape index (κ2) is 7.84. The average molecular weight is 208 g/mol. The minimum absolute atomic E-state index is 1.07. The fourth-order valence-corrected chi connectivity index (χ4v) is 0.621. The van der Waals surface area contributed by atoms with E-state index in [9.17, 15) is 0 Å². The topological polar surface area (TPSA) is 0 Å². The van der Waals surface area contributed by atoms with Gasteiger partial charge in [0.2, 0.25) is 0 Å². The maximum absolute atomic E-state index is 3.62. The van der Waals surface area contributed by atoms with Gasteiger partial charge < -0.3 is 0 Å². The molecule has 0 bridgehead atoms. The molecular formula is C8H11Ru. The molecule has 0 aliphatic carbocycles. The first-order valence-electron chi connectivity index (χ1n) is 2.93. The van der Waals surface area contributed by atoms with Crippen molar-refractivity contribution in [2.75, 3.05) is 0 Å². The third-order valence-electron chi connectivity index (χ3n) is 0.853. The molecule has 0 heterocycles. The van der Waals surface area contributed by atoms with Crippen LogP contribution in [0.1, 0.15) is 12.8 Å². The van der Waals surface area contributed by atoms with Gasteiger partial charge in [-0.05, 0) is 0 Å². The normalized spacial score (nSPS) is 11.2. The molecular weight excluding hydrogens is 197 g/mol. The van der Waals surface area contributed by atoms with Gasteiger partial charge in [-0.15, -0.1) is 0 Å². The van der Waals surface area contributed by atoms with Gasteiger partial charge >= 0.3 is 66.7 Å². The molecule has 0 aliphatic heterocycles. The zero-order valence-corrected chi connectivity index (χ0v) is 7.10. The van der Waals surface area contributed by atoms with Crippen molar-refractivity contribution in [3.8, 4) is 0 Å². The summed E-state index contributed by atoms with van der Waals surface area (Å²) in [6.07, 6.45) is 10.3. The first-order chi connectivity index (χ1) is 4.41. The van der Waals surface area contributed by atoms with Crippen LogP contribution in [-0.4, -0.2) is 0 Å². The van der Waals surface area contributed by atoms with Crippen LogP contribution in [0.5, 0.6) is 0 Å². The Morgan fingerprint density at radius 2 is 2.00 bits per heavy atom. The van der Waals surface area contributed by atoms with E-state index < -0.39 is 0 Å². The molecule has 0 rings (SSSR count). The molecule has 0 nitrogen and oxygen atoms in total. The molecule has 0 amide bonds. The molecule has 0 aromatic rings. The Balaban J connectivity index is 3.14. The van der Waals surface area contributed by atoms with E-state index in [2.05, 4.69) is 31.0 Å².